The van der Waals surface area contributed by atoms with Crippen molar-refractivity contribution in [3.05, 3.63) is 59.2 Å². The Hall–Kier alpha value is -2.77. The number of aromatic nitrogens is 2. The zero-order valence-corrected chi connectivity index (χ0v) is 15.7. The molecule has 0 aliphatic heterocycles. The molecule has 0 aliphatic rings. The summed E-state index contributed by atoms with van der Waals surface area (Å²) in [6.07, 6.45) is -2.20. The molecular weight excluding hydrogens is 371 g/mol. The number of carbonyl (C=O) groups excluding carboxylic acids is 2. The summed E-state index contributed by atoms with van der Waals surface area (Å²) >= 11 is 0. The highest BCUT2D eigenvalue weighted by atomic mass is 19.4. The van der Waals surface area contributed by atoms with E-state index in [1.807, 2.05) is 0 Å². The standard InChI is InChI=1S/C20H22F3N3O2/c1-13(2)18(27)10-17-9-15(6-8-24-17)19(28)26-12-14-3-4-16(25-11-14)5-7-20(21,22)23/h3-4,6,8-9,11,13H,5,7,10,12H2,1-2H3,(H,26,28). The summed E-state index contributed by atoms with van der Waals surface area (Å²) in [6.45, 7) is 3.80. The number of halogens is 3. The fourth-order valence-electron chi connectivity index (χ4n) is 2.36. The van der Waals surface area contributed by atoms with Gasteiger partial charge in [0.25, 0.3) is 5.91 Å². The number of nitrogens with one attached hydrogen (secondary N) is 1. The third-order valence-corrected chi connectivity index (χ3v) is 4.08. The predicted octanol–water partition coefficient (Wildman–Crippen LogP) is 3.67. The largest absolute Gasteiger partial charge is 0.389 e. The van der Waals surface area contributed by atoms with Crippen LogP contribution in [0.1, 0.15) is 47.6 Å². The van der Waals surface area contributed by atoms with Gasteiger partial charge in [-0.2, -0.15) is 13.2 Å². The SMILES string of the molecule is CC(C)C(=O)Cc1cc(C(=O)NCc2ccc(CCC(F)(F)F)nc2)ccn1. The molecule has 0 aliphatic carbocycles. The Morgan fingerprint density at radius 1 is 1.11 bits per heavy atom. The number of hydrogen-bond donors (Lipinski definition) is 1. The van der Waals surface area contributed by atoms with Gasteiger partial charge in [0.2, 0.25) is 0 Å². The van der Waals surface area contributed by atoms with Gasteiger partial charge in [-0.15, -0.1) is 0 Å². The molecule has 0 spiro atoms. The number of aryl methyl sites for hydroxylation is 1. The number of Topliss-reactive ketones (excluding diaryl/α,β-unsaturated/α-hetero) is 1. The van der Waals surface area contributed by atoms with Gasteiger partial charge in [0, 0.05) is 54.6 Å². The fourth-order valence-corrected chi connectivity index (χ4v) is 2.36. The zero-order chi connectivity index (χ0) is 20.7. The van der Waals surface area contributed by atoms with E-state index < -0.39 is 12.6 Å². The molecule has 0 unspecified atom stereocenters. The third-order valence-electron chi connectivity index (χ3n) is 4.08. The van der Waals surface area contributed by atoms with E-state index in [-0.39, 0.29) is 37.0 Å². The van der Waals surface area contributed by atoms with E-state index >= 15 is 0 Å². The highest BCUT2D eigenvalue weighted by molar-refractivity contribution is 5.94. The lowest BCUT2D eigenvalue weighted by Gasteiger charge is -2.08. The van der Waals surface area contributed by atoms with Crippen molar-refractivity contribution in [3.63, 3.8) is 0 Å². The lowest BCUT2D eigenvalue weighted by Crippen LogP contribution is -2.23. The van der Waals surface area contributed by atoms with Gasteiger partial charge in [0.15, 0.2) is 0 Å². The quantitative estimate of drug-likeness (QED) is 0.743. The molecule has 150 valence electrons. The average Bonchev–Trinajstić information content (AvgIpc) is 2.64. The topological polar surface area (TPSA) is 72.0 Å². The molecule has 0 radical (unpaired) electrons. The van der Waals surface area contributed by atoms with Crippen molar-refractivity contribution in [1.82, 2.24) is 15.3 Å². The highest BCUT2D eigenvalue weighted by Crippen LogP contribution is 2.21. The Bertz CT molecular complexity index is 818. The summed E-state index contributed by atoms with van der Waals surface area (Å²) in [5.74, 6) is -0.394. The minimum absolute atomic E-state index is 0.0433. The third kappa shape index (κ3) is 7.09. The summed E-state index contributed by atoms with van der Waals surface area (Å²) in [5.41, 5.74) is 1.94. The first kappa shape index (κ1) is 21.5. The van der Waals surface area contributed by atoms with Crippen LogP contribution in [-0.2, 0) is 24.2 Å². The van der Waals surface area contributed by atoms with Crippen LogP contribution in [0.3, 0.4) is 0 Å². The summed E-state index contributed by atoms with van der Waals surface area (Å²) < 4.78 is 36.7. The normalized spacial score (nSPS) is 11.5. The van der Waals surface area contributed by atoms with Crippen molar-refractivity contribution in [2.75, 3.05) is 0 Å². The monoisotopic (exact) mass is 393 g/mol. The van der Waals surface area contributed by atoms with Gasteiger partial charge in [0.05, 0.1) is 0 Å². The molecule has 1 amide bonds. The van der Waals surface area contributed by atoms with Crippen LogP contribution in [0.5, 0.6) is 0 Å². The minimum atomic E-state index is -4.21. The second kappa shape index (κ2) is 9.43. The van der Waals surface area contributed by atoms with Crippen LogP contribution >= 0.6 is 0 Å². The van der Waals surface area contributed by atoms with Gasteiger partial charge in [-0.25, -0.2) is 0 Å². The molecule has 28 heavy (non-hydrogen) atoms. The first-order valence-electron chi connectivity index (χ1n) is 8.90. The second-order valence-electron chi connectivity index (χ2n) is 6.79. The molecule has 2 rings (SSSR count). The molecule has 0 aromatic carbocycles. The number of rotatable bonds is 8. The van der Waals surface area contributed by atoms with Gasteiger partial charge < -0.3 is 5.32 Å². The maximum atomic E-state index is 12.3. The lowest BCUT2D eigenvalue weighted by molar-refractivity contribution is -0.134. The van der Waals surface area contributed by atoms with Crippen molar-refractivity contribution in [1.29, 1.82) is 0 Å². The van der Waals surface area contributed by atoms with E-state index in [4.69, 9.17) is 0 Å². The van der Waals surface area contributed by atoms with Crippen LogP contribution in [-0.4, -0.2) is 27.8 Å². The van der Waals surface area contributed by atoms with Crippen molar-refractivity contribution in [2.24, 2.45) is 5.92 Å². The average molecular weight is 393 g/mol. The maximum absolute atomic E-state index is 12.3. The molecule has 2 aromatic rings. The second-order valence-corrected chi connectivity index (χ2v) is 6.79. The van der Waals surface area contributed by atoms with E-state index in [9.17, 15) is 22.8 Å². The van der Waals surface area contributed by atoms with E-state index in [0.717, 1.165) is 0 Å². The molecule has 0 saturated heterocycles. The Balaban J connectivity index is 1.90. The highest BCUT2D eigenvalue weighted by Gasteiger charge is 2.26. The van der Waals surface area contributed by atoms with Crippen LogP contribution in [0.4, 0.5) is 13.2 Å². The van der Waals surface area contributed by atoms with Crippen molar-refractivity contribution < 1.29 is 22.8 Å². The molecule has 1 N–H and O–H groups in total. The number of nitrogens with zero attached hydrogens (tertiary/aromatic N) is 2. The molecule has 8 heteroatoms. The van der Waals surface area contributed by atoms with Gasteiger partial charge in [-0.05, 0) is 30.2 Å². The van der Waals surface area contributed by atoms with Crippen molar-refractivity contribution in [2.45, 2.75) is 45.8 Å². The van der Waals surface area contributed by atoms with Gasteiger partial charge >= 0.3 is 6.18 Å². The van der Waals surface area contributed by atoms with Gasteiger partial charge in [-0.1, -0.05) is 19.9 Å². The van der Waals surface area contributed by atoms with Crippen molar-refractivity contribution in [3.8, 4) is 0 Å². The minimum Gasteiger partial charge on any atom is -0.348 e. The molecule has 0 saturated carbocycles. The first-order valence-corrected chi connectivity index (χ1v) is 8.90. The van der Waals surface area contributed by atoms with Crippen LogP contribution < -0.4 is 5.32 Å². The van der Waals surface area contributed by atoms with Gasteiger partial charge in [0.1, 0.15) is 5.78 Å². The van der Waals surface area contributed by atoms with E-state index in [1.54, 1.807) is 32.0 Å². The molecule has 0 fully saturated rings. The molecule has 0 atom stereocenters. The maximum Gasteiger partial charge on any atom is 0.389 e. The lowest BCUT2D eigenvalue weighted by atomic mass is 10.0. The van der Waals surface area contributed by atoms with Crippen LogP contribution in [0.2, 0.25) is 0 Å². The molecule has 0 bridgehead atoms. The Morgan fingerprint density at radius 2 is 1.86 bits per heavy atom. The number of pyridine rings is 2. The smallest absolute Gasteiger partial charge is 0.348 e. The molecule has 2 aromatic heterocycles. The molecular formula is C20H22F3N3O2. The van der Waals surface area contributed by atoms with Crippen LogP contribution in [0, 0.1) is 5.92 Å². The number of carbonyl (C=O) groups is 2. The summed E-state index contributed by atoms with van der Waals surface area (Å²) in [6, 6.07) is 6.29. The molecule has 5 nitrogen and oxygen atoms in total. The predicted molar refractivity (Wildman–Crippen MR) is 97.6 cm³/mol. The number of alkyl halides is 3. The summed E-state index contributed by atoms with van der Waals surface area (Å²) in [4.78, 5) is 32.2. The Labute approximate surface area is 161 Å². The van der Waals surface area contributed by atoms with E-state index in [0.29, 0.717) is 22.5 Å². The zero-order valence-electron chi connectivity index (χ0n) is 15.7. The van der Waals surface area contributed by atoms with E-state index in [2.05, 4.69) is 15.3 Å². The fraction of sp³-hybridized carbons (Fsp3) is 0.400. The van der Waals surface area contributed by atoms with Crippen LogP contribution in [0.15, 0.2) is 36.7 Å². The first-order chi connectivity index (χ1) is 13.1. The van der Waals surface area contributed by atoms with Crippen molar-refractivity contribution >= 4 is 11.7 Å². The summed E-state index contributed by atoms with van der Waals surface area (Å²) in [5, 5.41) is 2.72. The van der Waals surface area contributed by atoms with Gasteiger partial charge in [-0.3, -0.25) is 19.6 Å². The van der Waals surface area contributed by atoms with E-state index in [1.165, 1.54) is 18.5 Å². The number of amides is 1. The molecule has 2 heterocycles. The van der Waals surface area contributed by atoms with Crippen LogP contribution in [0.25, 0.3) is 0 Å². The number of hydrogen-bond acceptors (Lipinski definition) is 4. The number of ketones is 1. The Morgan fingerprint density at radius 3 is 2.46 bits per heavy atom. The summed E-state index contributed by atoms with van der Waals surface area (Å²) in [7, 11) is 0. The Kier molecular flexibility index (Phi) is 7.25.